The van der Waals surface area contributed by atoms with Crippen molar-refractivity contribution in [3.8, 4) is 5.75 Å². The van der Waals surface area contributed by atoms with Gasteiger partial charge in [0.15, 0.2) is 0 Å². The number of hydrogen-bond acceptors (Lipinski definition) is 3. The number of benzene rings is 3. The van der Waals surface area contributed by atoms with Gasteiger partial charge in [0.25, 0.3) is 5.91 Å². The Hall–Kier alpha value is -3.53. The summed E-state index contributed by atoms with van der Waals surface area (Å²) in [5.41, 5.74) is 3.71. The highest BCUT2D eigenvalue weighted by molar-refractivity contribution is 6.24. The highest BCUT2D eigenvalue weighted by Gasteiger charge is 2.24. The summed E-state index contributed by atoms with van der Waals surface area (Å²) in [7, 11) is 1.65. The van der Waals surface area contributed by atoms with Crippen LogP contribution in [0.15, 0.2) is 84.9 Å². The molecule has 0 unspecified atom stereocenters. The summed E-state index contributed by atoms with van der Waals surface area (Å²) >= 11 is 0. The van der Waals surface area contributed by atoms with Gasteiger partial charge < -0.3 is 14.5 Å². The minimum Gasteiger partial charge on any atom is -0.496 e. The standard InChI is InChI=1S/C26H26N2O2/c1-30-25-15-9-8-12-22(25)20-24(21-10-4-2-5-11-21)26(29)28-18-16-27(17-19-28)23-13-6-3-7-14-23/h2-15,20H,16-19H2,1H3. The SMILES string of the molecule is COc1ccccc1C=C(C(=O)N1CCN(c2ccccc2)CC1)c1ccccc1. The smallest absolute Gasteiger partial charge is 0.254 e. The van der Waals surface area contributed by atoms with Gasteiger partial charge in [-0.3, -0.25) is 4.79 Å². The minimum absolute atomic E-state index is 0.0554. The first kappa shape index (κ1) is 19.8. The van der Waals surface area contributed by atoms with Gasteiger partial charge in [-0.25, -0.2) is 0 Å². The number of rotatable bonds is 5. The van der Waals surface area contributed by atoms with E-state index in [4.69, 9.17) is 4.74 Å². The first-order valence-corrected chi connectivity index (χ1v) is 10.3. The van der Waals surface area contributed by atoms with Gasteiger partial charge in [0, 0.05) is 43.0 Å². The van der Waals surface area contributed by atoms with Crippen molar-refractivity contribution >= 4 is 23.2 Å². The molecule has 1 aliphatic heterocycles. The van der Waals surface area contributed by atoms with Crippen LogP contribution in [0, 0.1) is 0 Å². The van der Waals surface area contributed by atoms with Crippen molar-refractivity contribution in [2.24, 2.45) is 0 Å². The number of methoxy groups -OCH3 is 1. The Morgan fingerprint density at radius 2 is 1.40 bits per heavy atom. The van der Waals surface area contributed by atoms with Gasteiger partial charge in [0.2, 0.25) is 0 Å². The van der Waals surface area contributed by atoms with E-state index in [1.165, 1.54) is 5.69 Å². The Morgan fingerprint density at radius 1 is 0.800 bits per heavy atom. The second-order valence-corrected chi connectivity index (χ2v) is 7.28. The summed E-state index contributed by atoms with van der Waals surface area (Å²) in [6, 6.07) is 28.0. The third kappa shape index (κ3) is 4.38. The van der Waals surface area contributed by atoms with Gasteiger partial charge in [-0.2, -0.15) is 0 Å². The lowest BCUT2D eigenvalue weighted by molar-refractivity contribution is -0.125. The van der Waals surface area contributed by atoms with E-state index in [2.05, 4.69) is 29.2 Å². The van der Waals surface area contributed by atoms with Crippen molar-refractivity contribution in [3.63, 3.8) is 0 Å². The zero-order chi connectivity index (χ0) is 20.8. The number of carbonyl (C=O) groups excluding carboxylic acids is 1. The van der Waals surface area contributed by atoms with Crippen molar-refractivity contribution in [1.82, 2.24) is 4.90 Å². The summed E-state index contributed by atoms with van der Waals surface area (Å²) < 4.78 is 5.49. The van der Waals surface area contributed by atoms with E-state index in [9.17, 15) is 4.79 Å². The molecule has 1 saturated heterocycles. The number of amides is 1. The molecular formula is C26H26N2O2. The molecule has 0 atom stereocenters. The molecule has 152 valence electrons. The van der Waals surface area contributed by atoms with Gasteiger partial charge >= 0.3 is 0 Å². The molecule has 30 heavy (non-hydrogen) atoms. The molecule has 0 N–H and O–H groups in total. The van der Waals surface area contributed by atoms with Gasteiger partial charge in [-0.05, 0) is 29.8 Å². The zero-order valence-corrected chi connectivity index (χ0v) is 17.2. The predicted molar refractivity (Wildman–Crippen MR) is 123 cm³/mol. The summed E-state index contributed by atoms with van der Waals surface area (Å²) in [4.78, 5) is 17.8. The fourth-order valence-corrected chi connectivity index (χ4v) is 3.80. The maximum Gasteiger partial charge on any atom is 0.254 e. The maximum atomic E-state index is 13.5. The van der Waals surface area contributed by atoms with Gasteiger partial charge in [0.05, 0.1) is 7.11 Å². The molecule has 0 bridgehead atoms. The summed E-state index contributed by atoms with van der Waals surface area (Å²) in [5, 5.41) is 0. The average molecular weight is 399 g/mol. The normalized spacial score (nSPS) is 14.5. The molecule has 1 aliphatic rings. The Kier molecular flexibility index (Phi) is 6.14. The quantitative estimate of drug-likeness (QED) is 0.466. The number of piperazine rings is 1. The van der Waals surface area contributed by atoms with E-state index in [1.54, 1.807) is 7.11 Å². The number of ether oxygens (including phenoxy) is 1. The van der Waals surface area contributed by atoms with Crippen LogP contribution in [0.5, 0.6) is 5.75 Å². The molecular weight excluding hydrogens is 372 g/mol. The van der Waals surface area contributed by atoms with E-state index in [0.29, 0.717) is 18.7 Å². The van der Waals surface area contributed by atoms with E-state index in [0.717, 1.165) is 30.0 Å². The van der Waals surface area contributed by atoms with Crippen LogP contribution in [0.1, 0.15) is 11.1 Å². The first-order chi connectivity index (χ1) is 14.8. The highest BCUT2D eigenvalue weighted by Crippen LogP contribution is 2.27. The van der Waals surface area contributed by atoms with Crippen molar-refractivity contribution in [3.05, 3.63) is 96.1 Å². The van der Waals surface area contributed by atoms with Crippen LogP contribution in [-0.2, 0) is 4.79 Å². The Bertz CT molecular complexity index is 1010. The predicted octanol–water partition coefficient (Wildman–Crippen LogP) is 4.58. The second-order valence-electron chi connectivity index (χ2n) is 7.28. The lowest BCUT2D eigenvalue weighted by atomic mass is 10.0. The third-order valence-corrected chi connectivity index (χ3v) is 5.44. The van der Waals surface area contributed by atoms with Crippen molar-refractivity contribution in [2.45, 2.75) is 0 Å². The van der Waals surface area contributed by atoms with Crippen LogP contribution in [0.4, 0.5) is 5.69 Å². The molecule has 0 radical (unpaired) electrons. The van der Waals surface area contributed by atoms with Crippen LogP contribution >= 0.6 is 0 Å². The molecule has 4 nitrogen and oxygen atoms in total. The fourth-order valence-electron chi connectivity index (χ4n) is 3.80. The van der Waals surface area contributed by atoms with Crippen molar-refractivity contribution < 1.29 is 9.53 Å². The molecule has 3 aromatic carbocycles. The highest BCUT2D eigenvalue weighted by atomic mass is 16.5. The number of carbonyl (C=O) groups is 1. The van der Waals surface area contributed by atoms with Gasteiger partial charge in [-0.1, -0.05) is 66.7 Å². The molecule has 4 heteroatoms. The largest absolute Gasteiger partial charge is 0.496 e. The van der Waals surface area contributed by atoms with Crippen molar-refractivity contribution in [1.29, 1.82) is 0 Å². The minimum atomic E-state index is 0.0554. The summed E-state index contributed by atoms with van der Waals surface area (Å²) in [6.07, 6.45) is 1.94. The third-order valence-electron chi connectivity index (χ3n) is 5.44. The molecule has 4 rings (SSSR count). The van der Waals surface area contributed by atoms with Crippen LogP contribution in [0.3, 0.4) is 0 Å². The van der Waals surface area contributed by atoms with E-state index < -0.39 is 0 Å². The molecule has 0 saturated carbocycles. The van der Waals surface area contributed by atoms with Crippen LogP contribution in [-0.4, -0.2) is 44.1 Å². The first-order valence-electron chi connectivity index (χ1n) is 10.3. The fraction of sp³-hybridized carbons (Fsp3) is 0.192. The molecule has 0 aliphatic carbocycles. The van der Waals surface area contributed by atoms with Crippen LogP contribution in [0.2, 0.25) is 0 Å². The topological polar surface area (TPSA) is 32.8 Å². The van der Waals surface area contributed by atoms with E-state index in [-0.39, 0.29) is 5.91 Å². The summed E-state index contributed by atoms with van der Waals surface area (Å²) in [5.74, 6) is 0.812. The molecule has 1 fully saturated rings. The monoisotopic (exact) mass is 398 g/mol. The van der Waals surface area contributed by atoms with Crippen molar-refractivity contribution in [2.75, 3.05) is 38.2 Å². The van der Waals surface area contributed by atoms with E-state index in [1.807, 2.05) is 71.6 Å². The lowest BCUT2D eigenvalue weighted by Gasteiger charge is -2.36. The molecule has 0 aromatic heterocycles. The molecule has 3 aromatic rings. The van der Waals surface area contributed by atoms with Crippen LogP contribution < -0.4 is 9.64 Å². The average Bonchev–Trinajstić information content (AvgIpc) is 2.83. The molecule has 0 spiro atoms. The van der Waals surface area contributed by atoms with Crippen LogP contribution in [0.25, 0.3) is 11.6 Å². The zero-order valence-electron chi connectivity index (χ0n) is 17.2. The molecule has 1 heterocycles. The second kappa shape index (κ2) is 9.31. The van der Waals surface area contributed by atoms with Gasteiger partial charge in [0.1, 0.15) is 5.75 Å². The molecule has 1 amide bonds. The Balaban J connectivity index is 1.59. The number of anilines is 1. The number of hydrogen-bond donors (Lipinski definition) is 0. The maximum absolute atomic E-state index is 13.5. The summed E-state index contributed by atoms with van der Waals surface area (Å²) in [6.45, 7) is 3.05. The van der Waals surface area contributed by atoms with E-state index >= 15 is 0 Å². The number of nitrogens with zero attached hydrogens (tertiary/aromatic N) is 2. The van der Waals surface area contributed by atoms with Gasteiger partial charge in [-0.15, -0.1) is 0 Å². The number of para-hydroxylation sites is 2. The Labute approximate surface area is 178 Å². The lowest BCUT2D eigenvalue weighted by Crippen LogP contribution is -2.49. The Morgan fingerprint density at radius 3 is 2.07 bits per heavy atom.